The van der Waals surface area contributed by atoms with Crippen molar-refractivity contribution in [2.45, 2.75) is 24.9 Å². The van der Waals surface area contributed by atoms with Gasteiger partial charge in [-0.25, -0.2) is 0 Å². The Morgan fingerprint density at radius 2 is 2.21 bits per heavy atom. The number of nitrogens with two attached hydrogens (primary N) is 1. The molecule has 0 radical (unpaired) electrons. The third-order valence-electron chi connectivity index (χ3n) is 4.36. The van der Waals surface area contributed by atoms with E-state index >= 15 is 0 Å². The summed E-state index contributed by atoms with van der Waals surface area (Å²) in [6, 6.07) is 7.19. The first-order valence-corrected chi connectivity index (χ1v) is 8.05. The largest absolute Gasteiger partial charge is 0.382 e. The molecule has 0 aliphatic carbocycles. The number of aromatic nitrogens is 2. The van der Waals surface area contributed by atoms with Crippen LogP contribution in [0.5, 0.6) is 0 Å². The van der Waals surface area contributed by atoms with Crippen molar-refractivity contribution in [2.75, 3.05) is 20.3 Å². The van der Waals surface area contributed by atoms with Gasteiger partial charge in [0.05, 0.1) is 13.2 Å². The van der Waals surface area contributed by atoms with E-state index < -0.39 is 5.54 Å². The summed E-state index contributed by atoms with van der Waals surface area (Å²) in [5.41, 5.74) is 5.63. The molecule has 1 aliphatic heterocycles. The van der Waals surface area contributed by atoms with Gasteiger partial charge in [-0.15, -0.1) is 0 Å². The van der Waals surface area contributed by atoms with E-state index in [1.165, 1.54) is 0 Å². The number of halogens is 1. The molecule has 1 aromatic heterocycles. The van der Waals surface area contributed by atoms with Gasteiger partial charge in [0.2, 0.25) is 17.6 Å². The monoisotopic (exact) mass is 350 g/mol. The Kier molecular flexibility index (Phi) is 4.84. The van der Waals surface area contributed by atoms with Gasteiger partial charge in [-0.3, -0.25) is 9.69 Å². The highest BCUT2D eigenvalue weighted by Crippen LogP contribution is 2.31. The summed E-state index contributed by atoms with van der Waals surface area (Å²) in [6.45, 7) is 1.33. The van der Waals surface area contributed by atoms with E-state index in [4.69, 9.17) is 26.6 Å². The predicted molar refractivity (Wildman–Crippen MR) is 88.2 cm³/mol. The molecular formula is C16H19ClN4O3. The van der Waals surface area contributed by atoms with Crippen LogP contribution in [-0.2, 0) is 16.1 Å². The van der Waals surface area contributed by atoms with Gasteiger partial charge >= 0.3 is 0 Å². The molecule has 2 heterocycles. The molecule has 8 heteroatoms. The lowest BCUT2D eigenvalue weighted by molar-refractivity contribution is -0.132. The summed E-state index contributed by atoms with van der Waals surface area (Å²) < 4.78 is 10.6. The summed E-state index contributed by atoms with van der Waals surface area (Å²) in [5, 5.41) is 4.64. The molecule has 1 aliphatic rings. The van der Waals surface area contributed by atoms with E-state index in [1.807, 2.05) is 17.0 Å². The summed E-state index contributed by atoms with van der Waals surface area (Å²) in [4.78, 5) is 18.4. The normalized spacial score (nSPS) is 21.2. The van der Waals surface area contributed by atoms with E-state index in [-0.39, 0.29) is 12.5 Å². The van der Waals surface area contributed by atoms with Crippen molar-refractivity contribution in [1.29, 1.82) is 0 Å². The Labute approximate surface area is 144 Å². The van der Waals surface area contributed by atoms with Crippen molar-refractivity contribution in [1.82, 2.24) is 15.0 Å². The highest BCUT2D eigenvalue weighted by Gasteiger charge is 2.46. The summed E-state index contributed by atoms with van der Waals surface area (Å²) in [7, 11) is 1.56. The SMILES string of the molecule is COCC1(C(N)=O)CCCN1Cc1nc(-c2ccc(Cl)cc2)no1. The fourth-order valence-corrected chi connectivity index (χ4v) is 3.24. The smallest absolute Gasteiger partial charge is 0.241 e. The topological polar surface area (TPSA) is 94.5 Å². The fourth-order valence-electron chi connectivity index (χ4n) is 3.12. The minimum atomic E-state index is -0.816. The summed E-state index contributed by atoms with van der Waals surface area (Å²) in [5.74, 6) is 0.528. The maximum atomic E-state index is 12.0. The lowest BCUT2D eigenvalue weighted by atomic mass is 9.96. The second-order valence-electron chi connectivity index (χ2n) is 5.87. The van der Waals surface area contributed by atoms with E-state index in [1.54, 1.807) is 19.2 Å². The van der Waals surface area contributed by atoms with Crippen LogP contribution in [0.3, 0.4) is 0 Å². The Morgan fingerprint density at radius 1 is 1.46 bits per heavy atom. The lowest BCUT2D eigenvalue weighted by Gasteiger charge is -2.34. The molecule has 1 saturated heterocycles. The third-order valence-corrected chi connectivity index (χ3v) is 4.61. The molecular weight excluding hydrogens is 332 g/mol. The third kappa shape index (κ3) is 3.15. The minimum absolute atomic E-state index is 0.251. The quantitative estimate of drug-likeness (QED) is 0.854. The van der Waals surface area contributed by atoms with Crippen LogP contribution in [0, 0.1) is 0 Å². The molecule has 1 unspecified atom stereocenters. The van der Waals surface area contributed by atoms with Gasteiger partial charge in [0, 0.05) is 17.7 Å². The van der Waals surface area contributed by atoms with Crippen LogP contribution in [0.15, 0.2) is 28.8 Å². The molecule has 1 atom stereocenters. The Bertz CT molecular complexity index is 718. The molecule has 2 N–H and O–H groups in total. The van der Waals surface area contributed by atoms with Crippen LogP contribution in [0.1, 0.15) is 18.7 Å². The van der Waals surface area contributed by atoms with Crippen molar-refractivity contribution in [3.8, 4) is 11.4 Å². The number of methoxy groups -OCH3 is 1. The van der Waals surface area contributed by atoms with Gasteiger partial charge in [0.25, 0.3) is 0 Å². The first-order chi connectivity index (χ1) is 11.5. The van der Waals surface area contributed by atoms with Crippen molar-refractivity contribution in [3.05, 3.63) is 35.2 Å². The molecule has 2 aromatic rings. The maximum Gasteiger partial charge on any atom is 0.241 e. The highest BCUT2D eigenvalue weighted by atomic mass is 35.5. The highest BCUT2D eigenvalue weighted by molar-refractivity contribution is 6.30. The van der Waals surface area contributed by atoms with Gasteiger partial charge in [0.15, 0.2) is 0 Å². The van der Waals surface area contributed by atoms with Crippen molar-refractivity contribution < 1.29 is 14.1 Å². The van der Waals surface area contributed by atoms with E-state index in [0.717, 1.165) is 18.5 Å². The van der Waals surface area contributed by atoms with E-state index in [2.05, 4.69) is 10.1 Å². The van der Waals surface area contributed by atoms with Crippen LogP contribution in [0.2, 0.25) is 5.02 Å². The van der Waals surface area contributed by atoms with Gasteiger partial charge in [0.1, 0.15) is 5.54 Å². The number of rotatable bonds is 6. The summed E-state index contributed by atoms with van der Waals surface area (Å²) in [6.07, 6.45) is 1.53. The second kappa shape index (κ2) is 6.88. The number of primary amides is 1. The zero-order valence-corrected chi connectivity index (χ0v) is 14.1. The minimum Gasteiger partial charge on any atom is -0.382 e. The zero-order valence-electron chi connectivity index (χ0n) is 13.4. The molecule has 128 valence electrons. The van der Waals surface area contributed by atoms with Crippen molar-refractivity contribution >= 4 is 17.5 Å². The number of carbonyl (C=O) groups excluding carboxylic acids is 1. The number of hydrogen-bond donors (Lipinski definition) is 1. The molecule has 1 fully saturated rings. The molecule has 3 rings (SSSR count). The van der Waals surface area contributed by atoms with Gasteiger partial charge in [-0.05, 0) is 43.7 Å². The standard InChI is InChI=1S/C16H19ClN4O3/c1-23-10-16(15(18)22)7-2-8-21(16)9-13-19-14(20-24-13)11-3-5-12(17)6-4-11/h3-6H,2,7-10H2,1H3,(H2,18,22). The Balaban J connectivity index is 1.78. The molecule has 1 aromatic carbocycles. The Hall–Kier alpha value is -1.96. The van der Waals surface area contributed by atoms with Gasteiger partial charge in [-0.2, -0.15) is 4.98 Å². The van der Waals surface area contributed by atoms with E-state index in [0.29, 0.717) is 29.7 Å². The first-order valence-electron chi connectivity index (χ1n) is 7.67. The number of nitrogens with zero attached hydrogens (tertiary/aromatic N) is 3. The van der Waals surface area contributed by atoms with Crippen molar-refractivity contribution in [3.63, 3.8) is 0 Å². The second-order valence-corrected chi connectivity index (χ2v) is 6.31. The van der Waals surface area contributed by atoms with Crippen molar-refractivity contribution in [2.24, 2.45) is 5.73 Å². The maximum absolute atomic E-state index is 12.0. The number of amides is 1. The number of carbonyl (C=O) groups is 1. The Morgan fingerprint density at radius 3 is 2.88 bits per heavy atom. The van der Waals surface area contributed by atoms with Crippen LogP contribution < -0.4 is 5.73 Å². The average Bonchev–Trinajstić information content (AvgIpc) is 3.17. The fraction of sp³-hybridized carbons (Fsp3) is 0.438. The van der Waals surface area contributed by atoms with E-state index in [9.17, 15) is 4.79 Å². The number of hydrogen-bond acceptors (Lipinski definition) is 6. The van der Waals surface area contributed by atoms with Crippen LogP contribution in [0.25, 0.3) is 11.4 Å². The number of ether oxygens (including phenoxy) is 1. The van der Waals surface area contributed by atoms with Gasteiger partial charge < -0.3 is 15.0 Å². The molecule has 0 bridgehead atoms. The first kappa shape index (κ1) is 16.9. The number of benzene rings is 1. The molecule has 24 heavy (non-hydrogen) atoms. The lowest BCUT2D eigenvalue weighted by Crippen LogP contribution is -2.56. The molecule has 7 nitrogen and oxygen atoms in total. The number of likely N-dealkylation sites (tertiary alicyclic amines) is 1. The van der Waals surface area contributed by atoms with Crippen LogP contribution >= 0.6 is 11.6 Å². The van der Waals surface area contributed by atoms with Crippen LogP contribution in [0.4, 0.5) is 0 Å². The zero-order chi connectivity index (χ0) is 17.2. The molecule has 1 amide bonds. The predicted octanol–water partition coefficient (Wildman–Crippen LogP) is 1.86. The molecule has 0 spiro atoms. The molecule has 0 saturated carbocycles. The summed E-state index contributed by atoms with van der Waals surface area (Å²) >= 11 is 5.88. The van der Waals surface area contributed by atoms with Gasteiger partial charge in [-0.1, -0.05) is 16.8 Å². The average molecular weight is 351 g/mol. The van der Waals surface area contributed by atoms with Crippen LogP contribution in [-0.4, -0.2) is 46.7 Å².